The van der Waals surface area contributed by atoms with E-state index in [1.165, 1.54) is 5.56 Å². The Morgan fingerprint density at radius 3 is 1.19 bits per heavy atom. The van der Waals surface area contributed by atoms with Crippen molar-refractivity contribution < 1.29 is 8.42 Å². The second-order valence-corrected chi connectivity index (χ2v) is 5.08. The lowest BCUT2D eigenvalue weighted by Gasteiger charge is -1.82. The van der Waals surface area contributed by atoms with E-state index in [4.69, 9.17) is 0 Å². The molecule has 0 radical (unpaired) electrons. The zero-order chi connectivity index (χ0) is 13.6. The summed E-state index contributed by atoms with van der Waals surface area (Å²) in [5, 5.41) is 0. The number of sulfone groups is 1. The van der Waals surface area contributed by atoms with Gasteiger partial charge in [0.05, 0.1) is 0 Å². The maximum atomic E-state index is 9.63. The van der Waals surface area contributed by atoms with E-state index in [0.29, 0.717) is 0 Å². The Bertz CT molecular complexity index is 294. The van der Waals surface area contributed by atoms with Gasteiger partial charge in [0.2, 0.25) is 0 Å². The van der Waals surface area contributed by atoms with Gasteiger partial charge in [-0.1, -0.05) is 63.6 Å². The zero-order valence-corrected chi connectivity index (χ0v) is 12.4. The summed E-state index contributed by atoms with van der Waals surface area (Å²) in [6, 6.07) is 10.3. The molecule has 0 aliphatic carbocycles. The van der Waals surface area contributed by atoms with Crippen LogP contribution in [0.25, 0.3) is 0 Å². The molecule has 0 atom stereocenters. The molecule has 0 saturated heterocycles. The average Bonchev–Trinajstić information content (AvgIpc) is 2.22. The van der Waals surface area contributed by atoms with Crippen molar-refractivity contribution in [2.45, 2.75) is 34.6 Å². The fourth-order valence-electron chi connectivity index (χ4n) is 0.534. The first-order chi connectivity index (χ1) is 7.39. The van der Waals surface area contributed by atoms with E-state index in [1.54, 1.807) is 0 Å². The van der Waals surface area contributed by atoms with Crippen molar-refractivity contribution in [2.75, 3.05) is 12.5 Å². The highest BCUT2D eigenvalue weighted by Gasteiger charge is 1.79. The van der Waals surface area contributed by atoms with Crippen molar-refractivity contribution in [1.29, 1.82) is 0 Å². The van der Waals surface area contributed by atoms with Crippen molar-refractivity contribution in [3.8, 4) is 0 Å². The van der Waals surface area contributed by atoms with Gasteiger partial charge in [-0.15, -0.1) is 0 Å². The van der Waals surface area contributed by atoms with Crippen molar-refractivity contribution in [1.82, 2.24) is 0 Å². The summed E-state index contributed by atoms with van der Waals surface area (Å²) in [5.74, 6) is 0. The number of hydrogen-bond donors (Lipinski definition) is 0. The molecule has 1 aromatic rings. The fraction of sp³-hybridized carbons (Fsp3) is 0.538. The van der Waals surface area contributed by atoms with Crippen LogP contribution in [0.2, 0.25) is 0 Å². The van der Waals surface area contributed by atoms with Crippen LogP contribution in [0.3, 0.4) is 0 Å². The van der Waals surface area contributed by atoms with Gasteiger partial charge in [0.15, 0.2) is 0 Å². The van der Waals surface area contributed by atoms with Gasteiger partial charge in [-0.2, -0.15) is 0 Å². The van der Waals surface area contributed by atoms with Crippen LogP contribution in [-0.4, -0.2) is 20.9 Å². The monoisotopic (exact) mass is 246 g/mol. The predicted molar refractivity (Wildman–Crippen MR) is 74.6 cm³/mol. The second kappa shape index (κ2) is 14.2. The van der Waals surface area contributed by atoms with Gasteiger partial charge in [0.25, 0.3) is 0 Å². The first-order valence-electron chi connectivity index (χ1n) is 5.56. The Hall–Kier alpha value is -0.830. The van der Waals surface area contributed by atoms with Crippen LogP contribution in [0, 0.1) is 6.92 Å². The molecule has 0 fully saturated rings. The largest absolute Gasteiger partial charge is 0.229 e. The zero-order valence-electron chi connectivity index (χ0n) is 11.6. The molecule has 1 rings (SSSR count). The van der Waals surface area contributed by atoms with Crippen LogP contribution < -0.4 is 0 Å². The molecule has 0 spiro atoms. The highest BCUT2D eigenvalue weighted by Crippen LogP contribution is 1.92. The summed E-state index contributed by atoms with van der Waals surface area (Å²) in [6.45, 7) is 10.1. The van der Waals surface area contributed by atoms with E-state index in [9.17, 15) is 8.42 Å². The Morgan fingerprint density at radius 2 is 1.06 bits per heavy atom. The lowest BCUT2D eigenvalue weighted by molar-refractivity contribution is 0.607. The molecular weight excluding hydrogens is 220 g/mol. The molecule has 0 unspecified atom stereocenters. The third-order valence-corrected chi connectivity index (χ3v) is 0.940. The highest BCUT2D eigenvalue weighted by molar-refractivity contribution is 7.89. The van der Waals surface area contributed by atoms with Crippen molar-refractivity contribution in [3.05, 3.63) is 35.9 Å². The SMILES string of the molecule is CC.CC.CS(C)(=O)=O.Cc1ccccc1. The van der Waals surface area contributed by atoms with E-state index in [-0.39, 0.29) is 0 Å². The van der Waals surface area contributed by atoms with Gasteiger partial charge in [-0.25, -0.2) is 8.42 Å². The average molecular weight is 246 g/mol. The molecule has 0 aromatic heterocycles. The molecule has 0 bridgehead atoms. The van der Waals surface area contributed by atoms with Crippen LogP contribution in [-0.2, 0) is 9.84 Å². The van der Waals surface area contributed by atoms with E-state index in [1.807, 2.05) is 45.9 Å². The number of aryl methyl sites for hydroxylation is 1. The van der Waals surface area contributed by atoms with Gasteiger partial charge in [0, 0.05) is 12.5 Å². The number of hydrogen-bond acceptors (Lipinski definition) is 2. The van der Waals surface area contributed by atoms with Crippen molar-refractivity contribution >= 4 is 9.84 Å². The molecule has 0 N–H and O–H groups in total. The molecule has 2 nitrogen and oxygen atoms in total. The molecule has 3 heteroatoms. The topological polar surface area (TPSA) is 34.1 Å². The van der Waals surface area contributed by atoms with Gasteiger partial charge in [-0.3, -0.25) is 0 Å². The molecule has 0 amide bonds. The minimum atomic E-state index is -2.67. The Labute approximate surface area is 102 Å². The van der Waals surface area contributed by atoms with E-state index < -0.39 is 9.84 Å². The third-order valence-electron chi connectivity index (χ3n) is 0.940. The molecule has 96 valence electrons. The van der Waals surface area contributed by atoms with E-state index >= 15 is 0 Å². The molecule has 0 saturated carbocycles. The van der Waals surface area contributed by atoms with Gasteiger partial charge in [0.1, 0.15) is 9.84 Å². The molecule has 16 heavy (non-hydrogen) atoms. The minimum absolute atomic E-state index is 1.16. The normalized spacial score (nSPS) is 8.19. The Kier molecular flexibility index (Phi) is 18.2. The van der Waals surface area contributed by atoms with E-state index in [2.05, 4.69) is 19.1 Å². The van der Waals surface area contributed by atoms with Crippen LogP contribution >= 0.6 is 0 Å². The molecule has 1 aromatic carbocycles. The second-order valence-electron chi connectivity index (χ2n) is 2.80. The summed E-state index contributed by atoms with van der Waals surface area (Å²) < 4.78 is 19.3. The van der Waals surface area contributed by atoms with Gasteiger partial charge < -0.3 is 0 Å². The smallest absolute Gasteiger partial charge is 0.144 e. The molecule has 0 aliphatic rings. The van der Waals surface area contributed by atoms with E-state index in [0.717, 1.165) is 12.5 Å². The predicted octanol–water partition coefficient (Wildman–Crippen LogP) is 3.71. The first kappa shape index (κ1) is 20.6. The van der Waals surface area contributed by atoms with Gasteiger partial charge >= 0.3 is 0 Å². The fourth-order valence-corrected chi connectivity index (χ4v) is 0.534. The summed E-state index contributed by atoms with van der Waals surface area (Å²) in [7, 11) is -2.67. The van der Waals surface area contributed by atoms with Crippen molar-refractivity contribution in [2.24, 2.45) is 0 Å². The standard InChI is InChI=1S/C7H8.C2H6O2S.2C2H6/c1-7-5-3-2-4-6-7;1-5(2,3)4;2*1-2/h2-6H,1H3;1-2H3;2*1-2H3. The summed E-state index contributed by atoms with van der Waals surface area (Å²) in [5.41, 5.74) is 1.32. The Morgan fingerprint density at radius 1 is 0.812 bits per heavy atom. The number of benzene rings is 1. The summed E-state index contributed by atoms with van der Waals surface area (Å²) in [4.78, 5) is 0. The quantitative estimate of drug-likeness (QED) is 0.699. The molecular formula is C13H26O2S. The van der Waals surface area contributed by atoms with Crippen LogP contribution in [0.15, 0.2) is 30.3 Å². The third kappa shape index (κ3) is 37.9. The van der Waals surface area contributed by atoms with Crippen LogP contribution in [0.1, 0.15) is 33.3 Å². The lowest BCUT2D eigenvalue weighted by atomic mass is 10.2. The highest BCUT2D eigenvalue weighted by atomic mass is 32.2. The number of rotatable bonds is 0. The summed E-state index contributed by atoms with van der Waals surface area (Å²) in [6.07, 6.45) is 2.32. The van der Waals surface area contributed by atoms with Crippen LogP contribution in [0.4, 0.5) is 0 Å². The maximum absolute atomic E-state index is 9.63. The van der Waals surface area contributed by atoms with Gasteiger partial charge in [-0.05, 0) is 6.92 Å². The van der Waals surface area contributed by atoms with Crippen LogP contribution in [0.5, 0.6) is 0 Å². The lowest BCUT2D eigenvalue weighted by Crippen LogP contribution is -1.86. The minimum Gasteiger partial charge on any atom is -0.229 e. The Balaban J connectivity index is -0.000000167. The molecule has 0 aliphatic heterocycles. The first-order valence-corrected chi connectivity index (χ1v) is 7.86. The van der Waals surface area contributed by atoms with Crippen molar-refractivity contribution in [3.63, 3.8) is 0 Å². The molecule has 0 heterocycles. The maximum Gasteiger partial charge on any atom is 0.144 e. The summed E-state index contributed by atoms with van der Waals surface area (Å²) >= 11 is 0.